The van der Waals surface area contributed by atoms with Crippen LogP contribution in [0.25, 0.3) is 0 Å². The second kappa shape index (κ2) is 5.90. The highest BCUT2D eigenvalue weighted by Gasteiger charge is 2.19. The number of benzene rings is 1. The lowest BCUT2D eigenvalue weighted by molar-refractivity contribution is -0.115. The molecule has 0 radical (unpaired) electrons. The maximum atomic E-state index is 12.1. The summed E-state index contributed by atoms with van der Waals surface area (Å²) in [6, 6.07) is 9.19. The van der Waals surface area contributed by atoms with Crippen LogP contribution < -0.4 is 5.32 Å². The number of amides is 1. The zero-order chi connectivity index (χ0) is 15.6. The second-order valence-electron chi connectivity index (χ2n) is 6.14. The van der Waals surface area contributed by atoms with Crippen molar-refractivity contribution in [3.8, 4) is 0 Å². The molecule has 0 saturated heterocycles. The number of anilines is 1. The number of aromatic nitrogens is 2. The molecule has 2 aromatic rings. The van der Waals surface area contributed by atoms with Gasteiger partial charge in [0.2, 0.25) is 5.91 Å². The molecule has 1 heterocycles. The third-order valence-corrected chi connectivity index (χ3v) is 3.45. The van der Waals surface area contributed by atoms with Crippen LogP contribution in [0.4, 0.5) is 5.82 Å². The first-order valence-corrected chi connectivity index (χ1v) is 7.22. The molecule has 1 aromatic carbocycles. The van der Waals surface area contributed by atoms with Gasteiger partial charge in [0.05, 0.1) is 12.1 Å². The summed E-state index contributed by atoms with van der Waals surface area (Å²) < 4.78 is 1.69. The molecule has 2 rings (SSSR count). The van der Waals surface area contributed by atoms with Gasteiger partial charge in [-0.1, -0.05) is 44.5 Å². The van der Waals surface area contributed by atoms with E-state index in [0.29, 0.717) is 17.3 Å². The van der Waals surface area contributed by atoms with Crippen LogP contribution in [0.15, 0.2) is 30.3 Å². The van der Waals surface area contributed by atoms with E-state index in [9.17, 15) is 4.79 Å². The molecular formula is C16H20ClN3O. The molecule has 112 valence electrons. The van der Waals surface area contributed by atoms with Crippen molar-refractivity contribution in [2.45, 2.75) is 32.6 Å². The van der Waals surface area contributed by atoms with Gasteiger partial charge in [-0.15, -0.1) is 0 Å². The molecular weight excluding hydrogens is 286 g/mol. The van der Waals surface area contributed by atoms with E-state index in [2.05, 4.69) is 31.2 Å². The molecule has 1 N–H and O–H groups in total. The van der Waals surface area contributed by atoms with E-state index in [-0.39, 0.29) is 11.3 Å². The fraction of sp³-hybridized carbons (Fsp3) is 0.375. The smallest absolute Gasteiger partial charge is 0.229 e. The molecule has 0 unspecified atom stereocenters. The van der Waals surface area contributed by atoms with Gasteiger partial charge in [0.25, 0.3) is 0 Å². The van der Waals surface area contributed by atoms with E-state index in [4.69, 9.17) is 11.6 Å². The number of rotatable bonds is 3. The Kier molecular flexibility index (Phi) is 4.37. The fourth-order valence-corrected chi connectivity index (χ4v) is 2.05. The van der Waals surface area contributed by atoms with E-state index < -0.39 is 0 Å². The number of hydrogen-bond donors (Lipinski definition) is 1. The van der Waals surface area contributed by atoms with Crippen molar-refractivity contribution in [2.75, 3.05) is 5.32 Å². The van der Waals surface area contributed by atoms with Crippen molar-refractivity contribution >= 4 is 23.3 Å². The SMILES string of the molecule is Cn1nc(C(C)(C)C)cc1NC(=O)Cc1ccc(Cl)cc1. The zero-order valence-electron chi connectivity index (χ0n) is 12.8. The topological polar surface area (TPSA) is 46.9 Å². The lowest BCUT2D eigenvalue weighted by Crippen LogP contribution is -2.16. The normalized spacial score (nSPS) is 11.5. The average molecular weight is 306 g/mol. The van der Waals surface area contributed by atoms with E-state index >= 15 is 0 Å². The Morgan fingerprint density at radius 2 is 1.90 bits per heavy atom. The fourth-order valence-electron chi connectivity index (χ4n) is 1.93. The van der Waals surface area contributed by atoms with Crippen molar-refractivity contribution in [2.24, 2.45) is 7.05 Å². The third kappa shape index (κ3) is 4.08. The summed E-state index contributed by atoms with van der Waals surface area (Å²) in [4.78, 5) is 12.1. The number of nitrogens with zero attached hydrogens (tertiary/aromatic N) is 2. The molecule has 5 heteroatoms. The van der Waals surface area contributed by atoms with Crippen molar-refractivity contribution in [3.63, 3.8) is 0 Å². The number of halogens is 1. The standard InChI is InChI=1S/C16H20ClN3O/c1-16(2,3)13-10-14(20(4)19-13)18-15(21)9-11-5-7-12(17)8-6-11/h5-8,10H,9H2,1-4H3,(H,18,21). The molecule has 0 fully saturated rings. The first kappa shape index (κ1) is 15.6. The summed E-state index contributed by atoms with van der Waals surface area (Å²) in [6.45, 7) is 6.28. The van der Waals surface area contributed by atoms with Gasteiger partial charge in [0.15, 0.2) is 0 Å². The van der Waals surface area contributed by atoms with E-state index in [0.717, 1.165) is 11.3 Å². The van der Waals surface area contributed by atoms with Gasteiger partial charge in [-0.2, -0.15) is 5.10 Å². The Hall–Kier alpha value is -1.81. The van der Waals surface area contributed by atoms with Gasteiger partial charge >= 0.3 is 0 Å². The van der Waals surface area contributed by atoms with Crippen LogP contribution in [-0.4, -0.2) is 15.7 Å². The lowest BCUT2D eigenvalue weighted by Gasteiger charge is -2.13. The minimum atomic E-state index is -0.0687. The molecule has 0 spiro atoms. The predicted octanol–water partition coefficient (Wildman–Crippen LogP) is 3.55. The van der Waals surface area contributed by atoms with Gasteiger partial charge in [-0.05, 0) is 17.7 Å². The van der Waals surface area contributed by atoms with E-state index in [1.807, 2.05) is 25.2 Å². The largest absolute Gasteiger partial charge is 0.311 e. The molecule has 1 amide bonds. The van der Waals surface area contributed by atoms with Crippen LogP contribution in [0.1, 0.15) is 32.0 Å². The van der Waals surface area contributed by atoms with Gasteiger partial charge in [-0.25, -0.2) is 0 Å². The highest BCUT2D eigenvalue weighted by molar-refractivity contribution is 6.30. The Balaban J connectivity index is 2.06. The minimum Gasteiger partial charge on any atom is -0.311 e. The molecule has 0 aliphatic carbocycles. The Morgan fingerprint density at radius 1 is 1.29 bits per heavy atom. The molecule has 1 aromatic heterocycles. The number of carbonyl (C=O) groups is 1. The minimum absolute atomic E-state index is 0.0447. The number of aryl methyl sites for hydroxylation is 1. The first-order valence-electron chi connectivity index (χ1n) is 6.84. The molecule has 21 heavy (non-hydrogen) atoms. The number of hydrogen-bond acceptors (Lipinski definition) is 2. The summed E-state index contributed by atoms with van der Waals surface area (Å²) in [6.07, 6.45) is 0.313. The molecule has 0 saturated carbocycles. The molecule has 4 nitrogen and oxygen atoms in total. The maximum absolute atomic E-state index is 12.1. The predicted molar refractivity (Wildman–Crippen MR) is 85.7 cm³/mol. The zero-order valence-corrected chi connectivity index (χ0v) is 13.5. The molecule has 0 atom stereocenters. The quantitative estimate of drug-likeness (QED) is 0.942. The van der Waals surface area contributed by atoms with Crippen molar-refractivity contribution < 1.29 is 4.79 Å². The Morgan fingerprint density at radius 3 is 2.43 bits per heavy atom. The second-order valence-corrected chi connectivity index (χ2v) is 6.58. The van der Waals surface area contributed by atoms with Crippen LogP contribution in [-0.2, 0) is 23.7 Å². The Bertz CT molecular complexity index is 639. The van der Waals surface area contributed by atoms with E-state index in [1.54, 1.807) is 16.8 Å². The first-order chi connectivity index (χ1) is 9.75. The van der Waals surface area contributed by atoms with Crippen LogP contribution in [0, 0.1) is 0 Å². The monoisotopic (exact) mass is 305 g/mol. The molecule has 0 bridgehead atoms. The van der Waals surface area contributed by atoms with Gasteiger partial charge in [0, 0.05) is 23.6 Å². The van der Waals surface area contributed by atoms with E-state index in [1.165, 1.54) is 0 Å². The van der Waals surface area contributed by atoms with Crippen LogP contribution in [0.3, 0.4) is 0 Å². The molecule has 0 aliphatic rings. The lowest BCUT2D eigenvalue weighted by atomic mass is 9.92. The van der Waals surface area contributed by atoms with Crippen LogP contribution in [0.2, 0.25) is 5.02 Å². The number of nitrogens with one attached hydrogen (secondary N) is 1. The summed E-state index contributed by atoms with van der Waals surface area (Å²) in [5.74, 6) is 0.639. The number of carbonyl (C=O) groups excluding carboxylic acids is 1. The third-order valence-electron chi connectivity index (χ3n) is 3.19. The van der Waals surface area contributed by atoms with Crippen molar-refractivity contribution in [3.05, 3.63) is 46.6 Å². The van der Waals surface area contributed by atoms with Crippen LogP contribution in [0.5, 0.6) is 0 Å². The summed E-state index contributed by atoms with van der Waals surface area (Å²) >= 11 is 5.83. The van der Waals surface area contributed by atoms with Crippen molar-refractivity contribution in [1.82, 2.24) is 9.78 Å². The summed E-state index contributed by atoms with van der Waals surface area (Å²) in [5, 5.41) is 8.00. The van der Waals surface area contributed by atoms with Crippen LogP contribution >= 0.6 is 11.6 Å². The highest BCUT2D eigenvalue weighted by Crippen LogP contribution is 2.23. The average Bonchev–Trinajstić information content (AvgIpc) is 2.74. The Labute approximate surface area is 130 Å². The van der Waals surface area contributed by atoms with Gasteiger partial charge < -0.3 is 5.32 Å². The summed E-state index contributed by atoms with van der Waals surface area (Å²) in [7, 11) is 1.83. The van der Waals surface area contributed by atoms with Crippen molar-refractivity contribution in [1.29, 1.82) is 0 Å². The van der Waals surface area contributed by atoms with Gasteiger partial charge in [-0.3, -0.25) is 9.48 Å². The maximum Gasteiger partial charge on any atom is 0.229 e. The molecule has 0 aliphatic heterocycles. The highest BCUT2D eigenvalue weighted by atomic mass is 35.5. The van der Waals surface area contributed by atoms with Gasteiger partial charge in [0.1, 0.15) is 5.82 Å². The summed E-state index contributed by atoms with van der Waals surface area (Å²) in [5.41, 5.74) is 1.83.